The fraction of sp³-hybridized carbons (Fsp3) is 0.647. The molecular formula is C17H27N5OS. The molecule has 0 bridgehead atoms. The van der Waals surface area contributed by atoms with Crippen LogP contribution in [0, 0.1) is 5.92 Å². The van der Waals surface area contributed by atoms with Gasteiger partial charge < -0.3 is 14.4 Å². The molecule has 1 aliphatic carbocycles. The Morgan fingerprint density at radius 3 is 2.88 bits per heavy atom. The number of anilines is 1. The highest BCUT2D eigenvalue weighted by molar-refractivity contribution is 7.89. The molecule has 1 saturated carbocycles. The van der Waals surface area contributed by atoms with Gasteiger partial charge in [0.1, 0.15) is 23.5 Å². The van der Waals surface area contributed by atoms with E-state index in [1.54, 1.807) is 6.33 Å². The van der Waals surface area contributed by atoms with Gasteiger partial charge in [-0.3, -0.25) is 0 Å². The molecule has 3 rings (SSSR count). The molecule has 2 aromatic heterocycles. The van der Waals surface area contributed by atoms with Crippen LogP contribution in [-0.2, 0) is 11.4 Å². The van der Waals surface area contributed by atoms with Crippen LogP contribution in [0.2, 0.25) is 0 Å². The Bertz CT molecular complexity index is 657. The zero-order valence-corrected chi connectivity index (χ0v) is 15.6. The molecule has 1 aliphatic rings. The van der Waals surface area contributed by atoms with Gasteiger partial charge in [-0.15, -0.1) is 4.31 Å². The van der Waals surface area contributed by atoms with Crippen LogP contribution < -0.4 is 4.90 Å². The van der Waals surface area contributed by atoms with Crippen molar-refractivity contribution in [2.75, 3.05) is 31.3 Å². The molecule has 1 unspecified atom stereocenters. The highest BCUT2D eigenvalue weighted by Gasteiger charge is 2.37. The first-order valence-electron chi connectivity index (χ1n) is 8.70. The van der Waals surface area contributed by atoms with Crippen LogP contribution in [-0.4, -0.2) is 56.2 Å². The summed E-state index contributed by atoms with van der Waals surface area (Å²) in [6.45, 7) is 3.09. The maximum absolute atomic E-state index is 12.3. The normalized spacial score (nSPS) is 21.9. The summed E-state index contributed by atoms with van der Waals surface area (Å²) < 4.78 is 14.3. The van der Waals surface area contributed by atoms with Crippen molar-refractivity contribution in [2.24, 2.45) is 5.92 Å². The average Bonchev–Trinajstić information content (AvgIpc) is 3.03. The second-order valence-electron chi connectivity index (χ2n) is 6.73. The number of fused-ring (bicyclic) bond motifs is 1. The lowest BCUT2D eigenvalue weighted by molar-refractivity contribution is 0.278. The van der Waals surface area contributed by atoms with Gasteiger partial charge in [-0.2, -0.15) is 0 Å². The van der Waals surface area contributed by atoms with Crippen LogP contribution in [0.15, 0.2) is 18.6 Å². The maximum Gasteiger partial charge on any atom is 0.142 e. The fourth-order valence-electron chi connectivity index (χ4n) is 3.28. The van der Waals surface area contributed by atoms with E-state index in [1.807, 2.05) is 23.6 Å². The summed E-state index contributed by atoms with van der Waals surface area (Å²) in [5.41, 5.74) is 0.876. The van der Waals surface area contributed by atoms with E-state index in [2.05, 4.69) is 33.8 Å². The summed E-state index contributed by atoms with van der Waals surface area (Å²) in [5.74, 6) is 2.31. The lowest BCUT2D eigenvalue weighted by Gasteiger charge is -2.41. The third kappa shape index (κ3) is 3.68. The molecule has 1 fully saturated rings. The highest BCUT2D eigenvalue weighted by Crippen LogP contribution is 2.36. The van der Waals surface area contributed by atoms with E-state index in [-0.39, 0.29) is 0 Å². The van der Waals surface area contributed by atoms with Crippen LogP contribution in [0.5, 0.6) is 0 Å². The predicted molar refractivity (Wildman–Crippen MR) is 99.4 cm³/mol. The number of hydrogen-bond acceptors (Lipinski definition) is 5. The van der Waals surface area contributed by atoms with Gasteiger partial charge in [-0.05, 0) is 25.3 Å². The van der Waals surface area contributed by atoms with E-state index in [9.17, 15) is 4.55 Å². The second-order valence-corrected chi connectivity index (χ2v) is 8.33. The number of aromatic amines is 1. The van der Waals surface area contributed by atoms with Gasteiger partial charge in [0.05, 0.1) is 5.39 Å². The quantitative estimate of drug-likeness (QED) is 0.742. The lowest BCUT2D eigenvalue weighted by atomic mass is 9.81. The van der Waals surface area contributed by atoms with Gasteiger partial charge in [0.2, 0.25) is 0 Å². The van der Waals surface area contributed by atoms with Gasteiger partial charge in [-0.1, -0.05) is 13.3 Å². The van der Waals surface area contributed by atoms with Gasteiger partial charge in [0, 0.05) is 50.2 Å². The maximum atomic E-state index is 12.3. The molecule has 0 spiro atoms. The number of unbranched alkanes of at least 4 members (excludes halogenated alkanes) is 1. The third-order valence-electron chi connectivity index (χ3n) is 4.98. The number of hydrogen-bond donors (Lipinski definition) is 1. The second kappa shape index (κ2) is 7.72. The molecule has 7 heteroatoms. The number of H-pyrrole nitrogens is 1. The van der Waals surface area contributed by atoms with Gasteiger partial charge in [-0.25, -0.2) is 9.97 Å². The van der Waals surface area contributed by atoms with Crippen molar-refractivity contribution in [1.29, 1.82) is 0 Å². The molecule has 1 N–H and O–H groups in total. The first-order valence-corrected chi connectivity index (χ1v) is 9.98. The van der Waals surface area contributed by atoms with Crippen LogP contribution in [0.1, 0.15) is 32.6 Å². The minimum absolute atomic E-state index is 0.473. The van der Waals surface area contributed by atoms with E-state index >= 15 is 0 Å². The monoisotopic (exact) mass is 349 g/mol. The summed E-state index contributed by atoms with van der Waals surface area (Å²) in [4.78, 5) is 14.1. The summed E-state index contributed by atoms with van der Waals surface area (Å²) >= 11 is -0.849. The average molecular weight is 350 g/mol. The number of nitrogens with one attached hydrogen (secondary N) is 1. The van der Waals surface area contributed by atoms with Crippen LogP contribution in [0.25, 0.3) is 11.0 Å². The molecule has 132 valence electrons. The van der Waals surface area contributed by atoms with Crippen molar-refractivity contribution in [3.63, 3.8) is 0 Å². The third-order valence-corrected chi connectivity index (χ3v) is 6.61. The molecule has 2 aromatic rings. The number of aromatic nitrogens is 3. The summed E-state index contributed by atoms with van der Waals surface area (Å²) in [6.07, 6.45) is 7.93. The van der Waals surface area contributed by atoms with E-state index in [0.717, 1.165) is 54.8 Å². The zero-order chi connectivity index (χ0) is 17.1. The Kier molecular flexibility index (Phi) is 5.63. The highest BCUT2D eigenvalue weighted by atomic mass is 32.2. The SMILES string of the molecule is CCCCN(C)[S+]([O-])C[C@H]1C[C@@H](N(C)c2ncnc3[nH]ccc23)C1. The zero-order valence-electron chi connectivity index (χ0n) is 14.7. The van der Waals surface area contributed by atoms with Crippen molar-refractivity contribution >= 4 is 28.2 Å². The lowest BCUT2D eigenvalue weighted by Crippen LogP contribution is -2.46. The largest absolute Gasteiger partial charge is 0.598 e. The Balaban J connectivity index is 1.52. The molecule has 6 nitrogen and oxygen atoms in total. The summed E-state index contributed by atoms with van der Waals surface area (Å²) in [5, 5.41) is 1.06. The summed E-state index contributed by atoms with van der Waals surface area (Å²) in [7, 11) is 4.07. The molecule has 0 radical (unpaired) electrons. The van der Waals surface area contributed by atoms with Crippen molar-refractivity contribution in [1.82, 2.24) is 19.3 Å². The van der Waals surface area contributed by atoms with Gasteiger partial charge in [0.15, 0.2) is 0 Å². The predicted octanol–water partition coefficient (Wildman–Crippen LogP) is 2.57. The number of nitrogens with zero attached hydrogens (tertiary/aromatic N) is 4. The molecule has 0 amide bonds. The molecule has 1 atom stereocenters. The van der Waals surface area contributed by atoms with Crippen LogP contribution in [0.4, 0.5) is 5.82 Å². The van der Waals surface area contributed by atoms with E-state index in [1.165, 1.54) is 0 Å². The molecule has 0 aliphatic heterocycles. The smallest absolute Gasteiger partial charge is 0.142 e. The topological polar surface area (TPSA) is 71.1 Å². The molecule has 0 aromatic carbocycles. The minimum Gasteiger partial charge on any atom is -0.598 e. The Hall–Kier alpha value is -1.31. The Labute approximate surface area is 147 Å². The first-order chi connectivity index (χ1) is 11.6. The van der Waals surface area contributed by atoms with Crippen molar-refractivity contribution in [3.8, 4) is 0 Å². The van der Waals surface area contributed by atoms with Gasteiger partial charge >= 0.3 is 0 Å². The van der Waals surface area contributed by atoms with Crippen molar-refractivity contribution in [2.45, 2.75) is 38.6 Å². The van der Waals surface area contributed by atoms with E-state index < -0.39 is 11.4 Å². The fourth-order valence-corrected chi connectivity index (χ4v) is 4.54. The molecule has 2 heterocycles. The Morgan fingerprint density at radius 2 is 2.12 bits per heavy atom. The van der Waals surface area contributed by atoms with E-state index in [4.69, 9.17) is 0 Å². The van der Waals surface area contributed by atoms with Gasteiger partial charge in [0.25, 0.3) is 0 Å². The first kappa shape index (κ1) is 17.5. The summed E-state index contributed by atoms with van der Waals surface area (Å²) in [6, 6.07) is 2.50. The van der Waals surface area contributed by atoms with Crippen molar-refractivity contribution in [3.05, 3.63) is 18.6 Å². The number of rotatable bonds is 8. The van der Waals surface area contributed by atoms with Crippen LogP contribution in [0.3, 0.4) is 0 Å². The Morgan fingerprint density at radius 1 is 1.33 bits per heavy atom. The molecule has 24 heavy (non-hydrogen) atoms. The van der Waals surface area contributed by atoms with E-state index in [0.29, 0.717) is 12.0 Å². The minimum atomic E-state index is -0.849. The molecule has 0 saturated heterocycles. The standard InChI is InChI=1S/C17H27N5OS/c1-4-5-8-21(2)24(23)11-13-9-14(10-13)22(3)17-15-6-7-18-16(15)19-12-20-17/h6-7,12-14H,4-5,8-11H2,1-3H3,(H,18,19,20)/t13-,14+,24?. The van der Waals surface area contributed by atoms with Crippen LogP contribution >= 0.6 is 0 Å². The van der Waals surface area contributed by atoms with Crippen molar-refractivity contribution < 1.29 is 4.55 Å². The molecular weight excluding hydrogens is 322 g/mol.